The number of carbonyl (C=O) groups excluding carboxylic acids is 1. The molecule has 1 N–H and O–H groups in total. The second-order valence-electron chi connectivity index (χ2n) is 7.72. The number of hydrogen-bond acceptors (Lipinski definition) is 8. The molecule has 4 heterocycles. The van der Waals surface area contributed by atoms with Crippen LogP contribution in [-0.2, 0) is 21.3 Å². The van der Waals surface area contributed by atoms with Crippen molar-refractivity contribution < 1.29 is 14.3 Å². The van der Waals surface area contributed by atoms with E-state index in [2.05, 4.69) is 25.3 Å². The molecule has 0 saturated carbocycles. The van der Waals surface area contributed by atoms with Crippen molar-refractivity contribution in [2.24, 2.45) is 7.05 Å². The Balaban J connectivity index is 1.16. The van der Waals surface area contributed by atoms with Crippen LogP contribution in [0.2, 0.25) is 0 Å². The van der Waals surface area contributed by atoms with Gasteiger partial charge in [0.05, 0.1) is 36.6 Å². The van der Waals surface area contributed by atoms with Crippen molar-refractivity contribution in [1.82, 2.24) is 25.1 Å². The highest BCUT2D eigenvalue weighted by atomic mass is 32.2. The van der Waals surface area contributed by atoms with E-state index in [0.717, 1.165) is 21.7 Å². The largest absolute Gasteiger partial charge is 0.371 e. The fourth-order valence-electron chi connectivity index (χ4n) is 3.98. The molecule has 162 valence electrons. The SMILES string of the molecule is Cn1ncc2c(N3C[C@@H]4OCC(NC(=O)CSc5ccccc5)CO[C@H]4C3)ncnc21. The van der Waals surface area contributed by atoms with Gasteiger partial charge in [-0.25, -0.2) is 9.97 Å². The zero-order chi connectivity index (χ0) is 21.2. The molecule has 0 aliphatic carbocycles. The van der Waals surface area contributed by atoms with E-state index >= 15 is 0 Å². The second kappa shape index (κ2) is 8.81. The molecule has 0 radical (unpaired) electrons. The highest BCUT2D eigenvalue weighted by Gasteiger charge is 2.38. The predicted octanol–water partition coefficient (Wildman–Crippen LogP) is 1.24. The van der Waals surface area contributed by atoms with Gasteiger partial charge in [0.1, 0.15) is 24.4 Å². The zero-order valence-electron chi connectivity index (χ0n) is 17.2. The first-order valence-corrected chi connectivity index (χ1v) is 11.2. The smallest absolute Gasteiger partial charge is 0.230 e. The van der Waals surface area contributed by atoms with Gasteiger partial charge in [0.15, 0.2) is 5.65 Å². The topological polar surface area (TPSA) is 94.4 Å². The van der Waals surface area contributed by atoms with Crippen molar-refractivity contribution in [3.05, 3.63) is 42.9 Å². The third-order valence-corrected chi connectivity index (χ3v) is 6.54. The first-order chi connectivity index (χ1) is 15.2. The normalized spacial score (nSPS) is 21.8. The maximum Gasteiger partial charge on any atom is 0.230 e. The van der Waals surface area contributed by atoms with Crippen LogP contribution in [0.15, 0.2) is 47.8 Å². The third kappa shape index (κ3) is 4.36. The number of thioether (sulfide) groups is 1. The second-order valence-corrected chi connectivity index (χ2v) is 8.77. The van der Waals surface area contributed by atoms with Gasteiger partial charge in [-0.15, -0.1) is 11.8 Å². The molecule has 2 aliphatic heterocycles. The van der Waals surface area contributed by atoms with Gasteiger partial charge in [-0.3, -0.25) is 9.48 Å². The number of nitrogens with zero attached hydrogens (tertiary/aromatic N) is 5. The standard InChI is InChI=1S/C21H24N6O3S/c1-26-20-16(7-24-26)21(23-13-22-20)27-8-17-18(9-27)30-11-14(10-29-17)25-19(28)12-31-15-5-3-2-4-6-15/h2-7,13-14,17-18H,8-12H2,1H3,(H,25,28)/t17-,18-/m0/s1. The molecule has 0 unspecified atom stereocenters. The summed E-state index contributed by atoms with van der Waals surface area (Å²) in [6, 6.07) is 9.75. The number of ether oxygens (including phenoxy) is 2. The first-order valence-electron chi connectivity index (χ1n) is 10.3. The average Bonchev–Trinajstić information content (AvgIpc) is 3.33. The van der Waals surface area contributed by atoms with Gasteiger partial charge in [0.2, 0.25) is 5.91 Å². The van der Waals surface area contributed by atoms with E-state index in [9.17, 15) is 4.79 Å². The Kier molecular flexibility index (Phi) is 5.75. The molecule has 0 bridgehead atoms. The summed E-state index contributed by atoms with van der Waals surface area (Å²) in [7, 11) is 1.87. The van der Waals surface area contributed by atoms with Crippen molar-refractivity contribution in [3.63, 3.8) is 0 Å². The number of fused-ring (bicyclic) bond motifs is 2. The Bertz CT molecular complexity index is 1050. The van der Waals surface area contributed by atoms with Crippen molar-refractivity contribution >= 4 is 34.5 Å². The summed E-state index contributed by atoms with van der Waals surface area (Å²) < 4.78 is 14.0. The number of aromatic nitrogens is 4. The summed E-state index contributed by atoms with van der Waals surface area (Å²) in [4.78, 5) is 24.4. The van der Waals surface area contributed by atoms with Crippen LogP contribution < -0.4 is 10.2 Å². The number of anilines is 1. The minimum Gasteiger partial charge on any atom is -0.371 e. The zero-order valence-corrected chi connectivity index (χ0v) is 18.0. The number of amides is 1. The monoisotopic (exact) mass is 440 g/mol. The van der Waals surface area contributed by atoms with Crippen LogP contribution in [0, 0.1) is 0 Å². The number of aryl methyl sites for hydroxylation is 1. The molecular weight excluding hydrogens is 416 g/mol. The summed E-state index contributed by atoms with van der Waals surface area (Å²) in [5.74, 6) is 1.21. The quantitative estimate of drug-likeness (QED) is 0.593. The van der Waals surface area contributed by atoms with Crippen LogP contribution in [-0.4, -0.2) is 76.0 Å². The van der Waals surface area contributed by atoms with E-state index in [1.165, 1.54) is 11.8 Å². The Morgan fingerprint density at radius 1 is 1.16 bits per heavy atom. The van der Waals surface area contributed by atoms with Gasteiger partial charge in [-0.2, -0.15) is 5.10 Å². The molecule has 2 saturated heterocycles. The maximum absolute atomic E-state index is 12.3. The van der Waals surface area contributed by atoms with Gasteiger partial charge in [-0.05, 0) is 12.1 Å². The lowest BCUT2D eigenvalue weighted by atomic mass is 10.3. The maximum atomic E-state index is 12.3. The van der Waals surface area contributed by atoms with Crippen LogP contribution in [0.5, 0.6) is 0 Å². The molecule has 2 fully saturated rings. The Labute approximate surface area is 184 Å². The molecule has 1 aromatic carbocycles. The van der Waals surface area contributed by atoms with E-state index in [-0.39, 0.29) is 24.2 Å². The minimum absolute atomic E-state index is 0.0142. The van der Waals surface area contributed by atoms with Crippen molar-refractivity contribution in [2.45, 2.75) is 23.1 Å². The van der Waals surface area contributed by atoms with Crippen LogP contribution >= 0.6 is 11.8 Å². The van der Waals surface area contributed by atoms with E-state index in [1.54, 1.807) is 17.2 Å². The fraction of sp³-hybridized carbons (Fsp3) is 0.429. The van der Waals surface area contributed by atoms with Crippen LogP contribution in [0.25, 0.3) is 11.0 Å². The van der Waals surface area contributed by atoms with Gasteiger partial charge in [0.25, 0.3) is 0 Å². The lowest BCUT2D eigenvalue weighted by molar-refractivity contribution is -0.119. The summed E-state index contributed by atoms with van der Waals surface area (Å²) in [6.45, 7) is 2.22. The molecule has 3 aromatic rings. The van der Waals surface area contributed by atoms with Crippen LogP contribution in [0.4, 0.5) is 5.82 Å². The lowest BCUT2D eigenvalue weighted by Crippen LogP contribution is -2.42. The van der Waals surface area contributed by atoms with Gasteiger partial charge >= 0.3 is 0 Å². The number of nitrogens with one attached hydrogen (secondary N) is 1. The van der Waals surface area contributed by atoms with Gasteiger partial charge in [-0.1, -0.05) is 18.2 Å². The van der Waals surface area contributed by atoms with Gasteiger partial charge < -0.3 is 19.7 Å². The molecule has 1 amide bonds. The van der Waals surface area contributed by atoms with Crippen molar-refractivity contribution in [1.29, 1.82) is 0 Å². The third-order valence-electron chi connectivity index (χ3n) is 5.52. The highest BCUT2D eigenvalue weighted by molar-refractivity contribution is 8.00. The molecule has 2 aliphatic rings. The molecule has 2 aromatic heterocycles. The molecule has 5 rings (SSSR count). The fourth-order valence-corrected chi connectivity index (χ4v) is 4.72. The van der Waals surface area contributed by atoms with E-state index in [0.29, 0.717) is 32.1 Å². The summed E-state index contributed by atoms with van der Waals surface area (Å²) in [5.41, 5.74) is 0.801. The molecule has 10 heteroatoms. The van der Waals surface area contributed by atoms with Crippen molar-refractivity contribution in [2.75, 3.05) is 37.0 Å². The van der Waals surface area contributed by atoms with Crippen LogP contribution in [0.1, 0.15) is 0 Å². The molecule has 0 spiro atoms. The molecule has 31 heavy (non-hydrogen) atoms. The summed E-state index contributed by atoms with van der Waals surface area (Å²) >= 11 is 1.52. The van der Waals surface area contributed by atoms with Crippen molar-refractivity contribution in [3.8, 4) is 0 Å². The van der Waals surface area contributed by atoms with Gasteiger partial charge in [0, 0.05) is 25.0 Å². The number of benzene rings is 1. The highest BCUT2D eigenvalue weighted by Crippen LogP contribution is 2.28. The van der Waals surface area contributed by atoms with E-state index in [1.807, 2.05) is 37.4 Å². The average molecular weight is 441 g/mol. The summed E-state index contributed by atoms with van der Waals surface area (Å²) in [5, 5.41) is 8.24. The minimum atomic E-state index is -0.146. The Hall–Kier alpha value is -2.69. The Morgan fingerprint density at radius 2 is 1.90 bits per heavy atom. The predicted molar refractivity (Wildman–Crippen MR) is 117 cm³/mol. The molecule has 2 atom stereocenters. The number of hydrogen-bond donors (Lipinski definition) is 1. The summed E-state index contributed by atoms with van der Waals surface area (Å²) in [6.07, 6.45) is 3.22. The van der Waals surface area contributed by atoms with Crippen LogP contribution in [0.3, 0.4) is 0 Å². The van der Waals surface area contributed by atoms with E-state index in [4.69, 9.17) is 9.47 Å². The van der Waals surface area contributed by atoms with E-state index < -0.39 is 0 Å². The first kappa shape index (κ1) is 20.2. The Morgan fingerprint density at radius 3 is 2.65 bits per heavy atom. The number of rotatable bonds is 5. The number of carbonyl (C=O) groups is 1. The lowest BCUT2D eigenvalue weighted by Gasteiger charge is -2.20. The molecule has 9 nitrogen and oxygen atoms in total. The molecular formula is C21H24N6O3S.